The van der Waals surface area contributed by atoms with Gasteiger partial charge in [-0.25, -0.2) is 4.79 Å². The highest BCUT2D eigenvalue weighted by Gasteiger charge is 2.29. The van der Waals surface area contributed by atoms with Gasteiger partial charge in [-0.15, -0.1) is 0 Å². The molecule has 12 nitrogen and oxygen atoms in total. The number of rotatable bonds is 15. The van der Waals surface area contributed by atoms with Crippen molar-refractivity contribution >= 4 is 29.6 Å². The SMILES string of the molecule is CC(NC(=O)C(CCCCN)NC(=O)C(N)CCC(N)=O)C(=O)NC(C(=O)O)C(C)C. The Bertz CT molecular complexity index is 641. The second kappa shape index (κ2) is 14.3. The molecule has 0 fully saturated rings. The van der Waals surface area contributed by atoms with Gasteiger partial charge in [0.15, 0.2) is 0 Å². The first-order valence-electron chi connectivity index (χ1n) is 10.3. The fourth-order valence-corrected chi connectivity index (χ4v) is 2.64. The number of unbranched alkanes of at least 4 members (excludes halogenated alkanes) is 1. The predicted octanol–water partition coefficient (Wildman–Crippen LogP) is -2.08. The summed E-state index contributed by atoms with van der Waals surface area (Å²) in [5, 5.41) is 16.6. The van der Waals surface area contributed by atoms with Crippen molar-refractivity contribution in [3.8, 4) is 0 Å². The van der Waals surface area contributed by atoms with Gasteiger partial charge in [-0.2, -0.15) is 0 Å². The smallest absolute Gasteiger partial charge is 0.326 e. The van der Waals surface area contributed by atoms with Crippen LogP contribution in [0.4, 0.5) is 0 Å². The molecule has 0 aromatic carbocycles. The van der Waals surface area contributed by atoms with Crippen LogP contribution in [-0.2, 0) is 24.0 Å². The van der Waals surface area contributed by atoms with Gasteiger partial charge < -0.3 is 38.3 Å². The minimum absolute atomic E-state index is 0.0306. The van der Waals surface area contributed by atoms with Crippen LogP contribution in [0.2, 0.25) is 0 Å². The summed E-state index contributed by atoms with van der Waals surface area (Å²) < 4.78 is 0. The molecule has 0 rings (SSSR count). The van der Waals surface area contributed by atoms with Gasteiger partial charge in [-0.1, -0.05) is 13.8 Å². The van der Waals surface area contributed by atoms with Crippen LogP contribution in [0.5, 0.6) is 0 Å². The minimum atomic E-state index is -1.18. The third kappa shape index (κ3) is 11.3. The summed E-state index contributed by atoms with van der Waals surface area (Å²) in [6.07, 6.45) is 1.38. The Kier molecular flexibility index (Phi) is 13.0. The Morgan fingerprint density at radius 1 is 0.871 bits per heavy atom. The summed E-state index contributed by atoms with van der Waals surface area (Å²) >= 11 is 0. The first kappa shape index (κ1) is 28.3. The second-order valence-corrected chi connectivity index (χ2v) is 7.76. The van der Waals surface area contributed by atoms with Crippen molar-refractivity contribution in [1.82, 2.24) is 16.0 Å². The highest BCUT2D eigenvalue weighted by molar-refractivity contribution is 5.94. The van der Waals surface area contributed by atoms with E-state index in [2.05, 4.69) is 16.0 Å². The van der Waals surface area contributed by atoms with Crippen molar-refractivity contribution in [2.45, 2.75) is 77.0 Å². The number of carboxylic acid groups (broad SMARTS) is 1. The van der Waals surface area contributed by atoms with Crippen molar-refractivity contribution in [2.24, 2.45) is 23.1 Å². The van der Waals surface area contributed by atoms with Gasteiger partial charge in [0, 0.05) is 6.42 Å². The van der Waals surface area contributed by atoms with Gasteiger partial charge in [0.05, 0.1) is 6.04 Å². The topological polar surface area (TPSA) is 220 Å². The zero-order valence-electron chi connectivity index (χ0n) is 18.3. The molecule has 0 bridgehead atoms. The fraction of sp³-hybridized carbons (Fsp3) is 0.737. The number of primary amides is 1. The number of carbonyl (C=O) groups excluding carboxylic acids is 4. The molecule has 4 unspecified atom stereocenters. The van der Waals surface area contributed by atoms with Crippen LogP contribution in [0, 0.1) is 5.92 Å². The van der Waals surface area contributed by atoms with Crippen molar-refractivity contribution in [1.29, 1.82) is 0 Å². The predicted molar refractivity (Wildman–Crippen MR) is 113 cm³/mol. The van der Waals surface area contributed by atoms with Crippen LogP contribution in [0.1, 0.15) is 52.9 Å². The zero-order valence-corrected chi connectivity index (χ0v) is 18.3. The molecule has 0 aromatic heterocycles. The van der Waals surface area contributed by atoms with E-state index in [0.717, 1.165) is 0 Å². The number of nitrogens with one attached hydrogen (secondary N) is 3. The lowest BCUT2D eigenvalue weighted by atomic mass is 10.0. The molecule has 0 radical (unpaired) electrons. The van der Waals surface area contributed by atoms with Crippen LogP contribution in [0.3, 0.4) is 0 Å². The number of hydrogen-bond donors (Lipinski definition) is 7. The van der Waals surface area contributed by atoms with Gasteiger partial charge in [-0.3, -0.25) is 19.2 Å². The number of carboxylic acids is 1. The Morgan fingerprint density at radius 3 is 1.97 bits per heavy atom. The molecule has 4 amide bonds. The molecule has 0 aliphatic rings. The molecule has 0 saturated heterocycles. The van der Waals surface area contributed by atoms with Crippen LogP contribution in [0.15, 0.2) is 0 Å². The molecule has 31 heavy (non-hydrogen) atoms. The molecule has 0 heterocycles. The third-order valence-corrected chi connectivity index (χ3v) is 4.60. The van der Waals surface area contributed by atoms with Crippen molar-refractivity contribution < 1.29 is 29.1 Å². The lowest BCUT2D eigenvalue weighted by Crippen LogP contribution is -2.56. The number of amides is 4. The van der Waals surface area contributed by atoms with Gasteiger partial charge in [-0.05, 0) is 45.1 Å². The minimum Gasteiger partial charge on any atom is -0.480 e. The van der Waals surface area contributed by atoms with E-state index in [-0.39, 0.29) is 25.2 Å². The van der Waals surface area contributed by atoms with Crippen molar-refractivity contribution in [2.75, 3.05) is 6.54 Å². The van der Waals surface area contributed by atoms with Crippen LogP contribution < -0.4 is 33.2 Å². The average molecular weight is 445 g/mol. The normalized spacial score (nSPS) is 14.8. The summed E-state index contributed by atoms with van der Waals surface area (Å²) in [6.45, 7) is 5.11. The molecule has 0 saturated carbocycles. The summed E-state index contributed by atoms with van der Waals surface area (Å²) in [4.78, 5) is 59.4. The van der Waals surface area contributed by atoms with E-state index in [0.29, 0.717) is 19.4 Å². The maximum Gasteiger partial charge on any atom is 0.326 e. The molecule has 0 aliphatic carbocycles. The lowest BCUT2D eigenvalue weighted by molar-refractivity contribution is -0.143. The fourth-order valence-electron chi connectivity index (χ4n) is 2.64. The van der Waals surface area contributed by atoms with E-state index in [1.165, 1.54) is 6.92 Å². The van der Waals surface area contributed by atoms with E-state index in [4.69, 9.17) is 17.2 Å². The first-order chi connectivity index (χ1) is 14.4. The van der Waals surface area contributed by atoms with E-state index in [1.54, 1.807) is 13.8 Å². The van der Waals surface area contributed by atoms with Crippen LogP contribution >= 0.6 is 0 Å². The molecule has 10 N–H and O–H groups in total. The molecule has 0 spiro atoms. The molecule has 178 valence electrons. The largest absolute Gasteiger partial charge is 0.480 e. The van der Waals surface area contributed by atoms with E-state index < -0.39 is 53.8 Å². The lowest BCUT2D eigenvalue weighted by Gasteiger charge is -2.24. The summed E-state index contributed by atoms with van der Waals surface area (Å²) in [6, 6.07) is -4.14. The molecular weight excluding hydrogens is 408 g/mol. The second-order valence-electron chi connectivity index (χ2n) is 7.76. The molecular formula is C19H36N6O6. The Morgan fingerprint density at radius 2 is 1.48 bits per heavy atom. The number of nitrogens with two attached hydrogens (primary N) is 3. The number of carbonyl (C=O) groups is 5. The summed E-state index contributed by atoms with van der Waals surface area (Å²) in [5.74, 6) is -4.04. The van der Waals surface area contributed by atoms with E-state index >= 15 is 0 Å². The monoisotopic (exact) mass is 444 g/mol. The molecule has 0 aromatic rings. The van der Waals surface area contributed by atoms with Gasteiger partial charge >= 0.3 is 5.97 Å². The highest BCUT2D eigenvalue weighted by atomic mass is 16.4. The van der Waals surface area contributed by atoms with E-state index in [9.17, 15) is 29.1 Å². The average Bonchev–Trinajstić information content (AvgIpc) is 2.68. The summed E-state index contributed by atoms with van der Waals surface area (Å²) in [7, 11) is 0. The quantitative estimate of drug-likeness (QED) is 0.139. The highest BCUT2D eigenvalue weighted by Crippen LogP contribution is 2.05. The zero-order chi connectivity index (χ0) is 24.1. The van der Waals surface area contributed by atoms with Crippen molar-refractivity contribution in [3.63, 3.8) is 0 Å². The number of aliphatic carboxylic acids is 1. The summed E-state index contributed by atoms with van der Waals surface area (Å²) in [5.41, 5.74) is 16.3. The maximum absolute atomic E-state index is 12.7. The van der Waals surface area contributed by atoms with Gasteiger partial charge in [0.2, 0.25) is 23.6 Å². The molecule has 0 aliphatic heterocycles. The van der Waals surface area contributed by atoms with E-state index in [1.807, 2.05) is 0 Å². The first-order valence-corrected chi connectivity index (χ1v) is 10.3. The van der Waals surface area contributed by atoms with Gasteiger partial charge in [0.25, 0.3) is 0 Å². The van der Waals surface area contributed by atoms with Crippen LogP contribution in [0.25, 0.3) is 0 Å². The Labute approximate surface area is 182 Å². The molecule has 4 atom stereocenters. The maximum atomic E-state index is 12.7. The molecule has 12 heteroatoms. The van der Waals surface area contributed by atoms with Crippen molar-refractivity contribution in [3.05, 3.63) is 0 Å². The Balaban J connectivity index is 5.06. The Hall–Kier alpha value is -2.73. The van der Waals surface area contributed by atoms with Gasteiger partial charge in [0.1, 0.15) is 18.1 Å². The number of hydrogen-bond acceptors (Lipinski definition) is 7. The van der Waals surface area contributed by atoms with Crippen LogP contribution in [-0.4, -0.2) is 65.4 Å². The third-order valence-electron chi connectivity index (χ3n) is 4.60. The standard InChI is InChI=1S/C19H36N6O6/c1-10(2)15(19(30)31)25-16(27)11(3)23-18(29)13(6-4-5-9-20)24-17(28)12(21)7-8-14(22)26/h10-13,15H,4-9,20-21H2,1-3H3,(H2,22,26)(H,23,29)(H,24,28)(H,25,27)(H,30,31).